The van der Waals surface area contributed by atoms with E-state index in [0.717, 1.165) is 34.1 Å². The van der Waals surface area contributed by atoms with Gasteiger partial charge >= 0.3 is 0 Å². The summed E-state index contributed by atoms with van der Waals surface area (Å²) in [5, 5.41) is 9.68. The smallest absolute Gasteiger partial charge is 0.276 e. The molecule has 0 saturated carbocycles. The molecule has 0 radical (unpaired) electrons. The molecule has 27 heavy (non-hydrogen) atoms. The van der Waals surface area contributed by atoms with Crippen LogP contribution in [0, 0.1) is 0 Å². The topological polar surface area (TPSA) is 49.0 Å². The van der Waals surface area contributed by atoms with E-state index in [2.05, 4.69) is 41.4 Å². The minimum atomic E-state index is -0.0357. The molecule has 4 aromatic rings. The van der Waals surface area contributed by atoms with Crippen molar-refractivity contribution in [2.45, 2.75) is 19.4 Å². The SMILES string of the molecule is C[C@H]1Cc2ccccc2N1C(=O)c1cc(-c2cccc3ccccc23)n[nH]1. The fourth-order valence-corrected chi connectivity index (χ4v) is 4.02. The van der Waals surface area contributed by atoms with E-state index in [-0.39, 0.29) is 11.9 Å². The van der Waals surface area contributed by atoms with Crippen molar-refractivity contribution >= 4 is 22.4 Å². The first-order valence-corrected chi connectivity index (χ1v) is 9.17. The molecule has 1 aromatic heterocycles. The minimum Gasteiger partial charge on any atom is -0.304 e. The van der Waals surface area contributed by atoms with Crippen LogP contribution < -0.4 is 4.90 Å². The summed E-state index contributed by atoms with van der Waals surface area (Å²) >= 11 is 0. The van der Waals surface area contributed by atoms with E-state index in [1.807, 2.05) is 53.4 Å². The normalized spacial score (nSPS) is 15.9. The Kier molecular flexibility index (Phi) is 3.57. The Balaban J connectivity index is 1.53. The lowest BCUT2D eigenvalue weighted by Gasteiger charge is -2.21. The van der Waals surface area contributed by atoms with Crippen LogP contribution in [-0.2, 0) is 6.42 Å². The largest absolute Gasteiger partial charge is 0.304 e. The second kappa shape index (κ2) is 6.09. The Morgan fingerprint density at radius 2 is 1.81 bits per heavy atom. The number of nitrogens with one attached hydrogen (secondary N) is 1. The highest BCUT2D eigenvalue weighted by Crippen LogP contribution is 2.33. The highest BCUT2D eigenvalue weighted by atomic mass is 16.2. The maximum atomic E-state index is 13.2. The number of aromatic amines is 1. The molecule has 1 aliphatic heterocycles. The number of nitrogens with zero attached hydrogens (tertiary/aromatic N) is 2. The van der Waals surface area contributed by atoms with E-state index in [9.17, 15) is 4.79 Å². The van der Waals surface area contributed by atoms with Gasteiger partial charge in [0, 0.05) is 17.3 Å². The molecular weight excluding hydrogens is 334 g/mol. The van der Waals surface area contributed by atoms with Gasteiger partial charge in [-0.3, -0.25) is 9.89 Å². The van der Waals surface area contributed by atoms with Gasteiger partial charge in [0.15, 0.2) is 0 Å². The Morgan fingerprint density at radius 3 is 2.74 bits per heavy atom. The van der Waals surface area contributed by atoms with Crippen LogP contribution in [0.3, 0.4) is 0 Å². The summed E-state index contributed by atoms with van der Waals surface area (Å²) in [6.45, 7) is 2.08. The van der Waals surface area contributed by atoms with Crippen molar-refractivity contribution in [1.82, 2.24) is 10.2 Å². The van der Waals surface area contributed by atoms with Gasteiger partial charge in [-0.25, -0.2) is 0 Å². The number of aromatic nitrogens is 2. The standard InChI is InChI=1S/C23H19N3O/c1-15-13-17-8-3-5-12-22(17)26(15)23(27)21-14-20(24-25-21)19-11-6-9-16-7-2-4-10-18(16)19/h2-12,14-15H,13H2,1H3,(H,24,25)/t15-/m0/s1. The highest BCUT2D eigenvalue weighted by molar-refractivity contribution is 6.07. The number of benzene rings is 3. The molecule has 1 aliphatic rings. The summed E-state index contributed by atoms with van der Waals surface area (Å²) in [6, 6.07) is 24.5. The number of amides is 1. The van der Waals surface area contributed by atoms with Gasteiger partial charge in [-0.1, -0.05) is 60.7 Å². The summed E-state index contributed by atoms with van der Waals surface area (Å²) in [5.41, 5.74) is 4.54. The second-order valence-electron chi connectivity index (χ2n) is 7.05. The van der Waals surface area contributed by atoms with Crippen LogP contribution >= 0.6 is 0 Å². The van der Waals surface area contributed by atoms with Crippen LogP contribution in [0.1, 0.15) is 23.0 Å². The molecule has 4 nitrogen and oxygen atoms in total. The fraction of sp³-hybridized carbons (Fsp3) is 0.130. The van der Waals surface area contributed by atoms with E-state index in [1.54, 1.807) is 0 Å². The first-order chi connectivity index (χ1) is 13.2. The number of carbonyl (C=O) groups excluding carboxylic acids is 1. The van der Waals surface area contributed by atoms with Gasteiger partial charge in [-0.2, -0.15) is 5.10 Å². The zero-order valence-corrected chi connectivity index (χ0v) is 15.0. The number of hydrogen-bond donors (Lipinski definition) is 1. The lowest BCUT2D eigenvalue weighted by Crippen LogP contribution is -2.35. The third-order valence-electron chi connectivity index (χ3n) is 5.30. The number of hydrogen-bond acceptors (Lipinski definition) is 2. The van der Waals surface area contributed by atoms with E-state index >= 15 is 0 Å². The second-order valence-corrected chi connectivity index (χ2v) is 7.05. The quantitative estimate of drug-likeness (QED) is 0.561. The molecule has 3 aromatic carbocycles. The minimum absolute atomic E-state index is 0.0357. The predicted octanol–water partition coefficient (Wildman–Crippen LogP) is 4.82. The van der Waals surface area contributed by atoms with Crippen LogP contribution in [-0.4, -0.2) is 22.1 Å². The van der Waals surface area contributed by atoms with Crippen LogP contribution in [0.25, 0.3) is 22.0 Å². The van der Waals surface area contributed by atoms with Crippen molar-refractivity contribution in [1.29, 1.82) is 0 Å². The van der Waals surface area contributed by atoms with Crippen molar-refractivity contribution in [3.05, 3.63) is 84.1 Å². The van der Waals surface area contributed by atoms with Crippen LogP contribution in [0.2, 0.25) is 0 Å². The van der Waals surface area contributed by atoms with Crippen molar-refractivity contribution < 1.29 is 4.79 Å². The zero-order chi connectivity index (χ0) is 18.4. The number of carbonyl (C=O) groups is 1. The summed E-state index contributed by atoms with van der Waals surface area (Å²) < 4.78 is 0. The number of para-hydroxylation sites is 1. The average molecular weight is 353 g/mol. The van der Waals surface area contributed by atoms with Crippen LogP contribution in [0.15, 0.2) is 72.8 Å². The predicted molar refractivity (Wildman–Crippen MR) is 108 cm³/mol. The van der Waals surface area contributed by atoms with Gasteiger partial charge < -0.3 is 4.90 Å². The molecule has 0 aliphatic carbocycles. The number of anilines is 1. The monoisotopic (exact) mass is 353 g/mol. The molecule has 1 N–H and O–H groups in total. The van der Waals surface area contributed by atoms with Crippen molar-refractivity contribution in [3.8, 4) is 11.3 Å². The summed E-state index contributed by atoms with van der Waals surface area (Å²) in [7, 11) is 0. The maximum absolute atomic E-state index is 13.2. The highest BCUT2D eigenvalue weighted by Gasteiger charge is 2.32. The molecule has 0 saturated heterocycles. The van der Waals surface area contributed by atoms with Gasteiger partial charge in [0.25, 0.3) is 5.91 Å². The molecule has 5 rings (SSSR count). The van der Waals surface area contributed by atoms with Crippen LogP contribution in [0.5, 0.6) is 0 Å². The molecular formula is C23H19N3O. The fourth-order valence-electron chi connectivity index (χ4n) is 4.02. The van der Waals surface area contributed by atoms with Gasteiger partial charge in [0.2, 0.25) is 0 Å². The third-order valence-corrected chi connectivity index (χ3v) is 5.30. The molecule has 2 heterocycles. The van der Waals surface area contributed by atoms with Crippen molar-refractivity contribution in [3.63, 3.8) is 0 Å². The number of fused-ring (bicyclic) bond motifs is 2. The van der Waals surface area contributed by atoms with Gasteiger partial charge in [0.05, 0.1) is 5.69 Å². The lowest BCUT2D eigenvalue weighted by atomic mass is 10.0. The van der Waals surface area contributed by atoms with Crippen LogP contribution in [0.4, 0.5) is 5.69 Å². The Hall–Kier alpha value is -3.40. The lowest BCUT2D eigenvalue weighted by molar-refractivity contribution is 0.0976. The summed E-state index contributed by atoms with van der Waals surface area (Å²) in [5.74, 6) is -0.0357. The molecule has 1 amide bonds. The zero-order valence-electron chi connectivity index (χ0n) is 15.0. The van der Waals surface area contributed by atoms with E-state index in [4.69, 9.17) is 0 Å². The van der Waals surface area contributed by atoms with Crippen molar-refractivity contribution in [2.75, 3.05) is 4.90 Å². The number of rotatable bonds is 2. The molecule has 132 valence electrons. The molecule has 4 heteroatoms. The van der Waals surface area contributed by atoms with Crippen molar-refractivity contribution in [2.24, 2.45) is 0 Å². The number of H-pyrrole nitrogens is 1. The summed E-state index contributed by atoms with van der Waals surface area (Å²) in [4.78, 5) is 15.1. The first-order valence-electron chi connectivity index (χ1n) is 9.17. The van der Waals surface area contributed by atoms with E-state index in [1.165, 1.54) is 5.56 Å². The Labute approximate surface area is 157 Å². The van der Waals surface area contributed by atoms with Gasteiger partial charge in [-0.15, -0.1) is 0 Å². The average Bonchev–Trinajstić information content (AvgIpc) is 3.31. The maximum Gasteiger partial charge on any atom is 0.276 e. The van der Waals surface area contributed by atoms with E-state index < -0.39 is 0 Å². The Morgan fingerprint density at radius 1 is 1.04 bits per heavy atom. The first kappa shape index (κ1) is 15.8. The summed E-state index contributed by atoms with van der Waals surface area (Å²) in [6.07, 6.45) is 0.881. The molecule has 1 atom stereocenters. The molecule has 0 bridgehead atoms. The van der Waals surface area contributed by atoms with E-state index in [0.29, 0.717) is 5.69 Å². The van der Waals surface area contributed by atoms with Gasteiger partial charge in [-0.05, 0) is 41.8 Å². The third kappa shape index (κ3) is 2.53. The van der Waals surface area contributed by atoms with Gasteiger partial charge in [0.1, 0.15) is 5.69 Å². The molecule has 0 spiro atoms. The molecule has 0 fully saturated rings. The Bertz CT molecular complexity index is 1160. The molecule has 0 unspecified atom stereocenters.